The van der Waals surface area contributed by atoms with Crippen molar-refractivity contribution in [1.82, 2.24) is 19.7 Å². The van der Waals surface area contributed by atoms with E-state index in [2.05, 4.69) is 10.2 Å². The molecule has 0 radical (unpaired) electrons. The van der Waals surface area contributed by atoms with E-state index in [9.17, 15) is 18.4 Å². The predicted octanol–water partition coefficient (Wildman–Crippen LogP) is 5.62. The molecule has 1 amide bonds. The van der Waals surface area contributed by atoms with E-state index in [1.807, 2.05) is 31.5 Å². The highest BCUT2D eigenvalue weighted by Gasteiger charge is 2.30. The van der Waals surface area contributed by atoms with Gasteiger partial charge in [0.2, 0.25) is 0 Å². The van der Waals surface area contributed by atoms with Crippen LogP contribution in [-0.2, 0) is 4.74 Å². The van der Waals surface area contributed by atoms with Crippen LogP contribution in [0.25, 0.3) is 22.0 Å². The summed E-state index contributed by atoms with van der Waals surface area (Å²) >= 11 is 0. The minimum Gasteiger partial charge on any atom is -0.451 e. The number of H-pyrrole nitrogens is 1. The first kappa shape index (κ1) is 26.2. The van der Waals surface area contributed by atoms with Gasteiger partial charge in [-0.2, -0.15) is 5.10 Å². The Balaban J connectivity index is 1.50. The Hall–Kier alpha value is -4.41. The Morgan fingerprint density at radius 3 is 2.49 bits per heavy atom. The van der Waals surface area contributed by atoms with Gasteiger partial charge in [-0.1, -0.05) is 18.2 Å². The predicted molar refractivity (Wildman–Crippen MR) is 143 cm³/mol. The Bertz CT molecular complexity index is 1570. The summed E-state index contributed by atoms with van der Waals surface area (Å²) in [4.78, 5) is 27.4. The van der Waals surface area contributed by atoms with Crippen LogP contribution in [-0.4, -0.2) is 44.4 Å². The van der Waals surface area contributed by atoms with Crippen molar-refractivity contribution in [2.45, 2.75) is 45.3 Å². The number of para-hydroxylation sites is 1. The number of nitrogen functional groups attached to an aromatic ring is 1. The van der Waals surface area contributed by atoms with Crippen molar-refractivity contribution in [2.75, 3.05) is 18.8 Å². The van der Waals surface area contributed by atoms with Crippen molar-refractivity contribution in [2.24, 2.45) is 0 Å². The lowest BCUT2D eigenvalue weighted by Crippen LogP contribution is -2.43. The number of nitrogens with zero attached hydrogens (tertiary/aromatic N) is 3. The van der Waals surface area contributed by atoms with E-state index in [0.717, 1.165) is 25.0 Å². The van der Waals surface area contributed by atoms with Gasteiger partial charge in [-0.25, -0.2) is 18.7 Å². The molecule has 1 aliphatic rings. The number of halogens is 2. The molecule has 0 aliphatic carbocycles. The maximum atomic E-state index is 14.0. The molecule has 1 aliphatic heterocycles. The zero-order valence-electron chi connectivity index (χ0n) is 21.8. The molecule has 0 unspecified atom stereocenters. The van der Waals surface area contributed by atoms with Crippen LogP contribution in [0.2, 0.25) is 0 Å². The van der Waals surface area contributed by atoms with Gasteiger partial charge < -0.3 is 24.7 Å². The SMILES string of the molecule is CC(C)(C)OC(=O)N1CCC[C@@H](n2cc(-c3ccc(Oc4c(F)cccc4F)cc3)c3c(N)n[nH]c(=O)c32)C1. The first-order chi connectivity index (χ1) is 18.5. The molecule has 1 atom stereocenters. The van der Waals surface area contributed by atoms with Gasteiger partial charge in [-0.15, -0.1) is 0 Å². The van der Waals surface area contributed by atoms with Gasteiger partial charge in [0.05, 0.1) is 11.4 Å². The van der Waals surface area contributed by atoms with E-state index in [1.165, 1.54) is 6.07 Å². The molecule has 39 heavy (non-hydrogen) atoms. The number of aromatic nitrogens is 3. The topological polar surface area (TPSA) is 115 Å². The molecule has 2 aromatic heterocycles. The summed E-state index contributed by atoms with van der Waals surface area (Å²) in [5, 5.41) is 6.89. The maximum absolute atomic E-state index is 14.0. The molecule has 3 N–H and O–H groups in total. The quantitative estimate of drug-likeness (QED) is 0.349. The minimum atomic E-state index is -0.812. The second kappa shape index (κ2) is 10.0. The number of benzene rings is 2. The Morgan fingerprint density at radius 2 is 1.82 bits per heavy atom. The number of nitrogens with one attached hydrogen (secondary N) is 1. The lowest BCUT2D eigenvalue weighted by Gasteiger charge is -2.35. The van der Waals surface area contributed by atoms with E-state index < -0.39 is 34.6 Å². The number of fused-ring (bicyclic) bond motifs is 1. The van der Waals surface area contributed by atoms with Crippen LogP contribution in [0.15, 0.2) is 53.5 Å². The normalized spacial score (nSPS) is 15.9. The molecule has 2 aromatic carbocycles. The number of nitrogens with two attached hydrogens (primary N) is 1. The fourth-order valence-corrected chi connectivity index (χ4v) is 4.82. The van der Waals surface area contributed by atoms with Crippen molar-refractivity contribution in [1.29, 1.82) is 0 Å². The lowest BCUT2D eigenvalue weighted by molar-refractivity contribution is 0.0174. The minimum absolute atomic E-state index is 0.145. The molecule has 0 saturated carbocycles. The monoisotopic (exact) mass is 537 g/mol. The number of likely N-dealkylation sites (tertiary alicyclic amines) is 1. The lowest BCUT2D eigenvalue weighted by atomic mass is 10.1. The number of rotatable bonds is 4. The van der Waals surface area contributed by atoms with Crippen LogP contribution >= 0.6 is 0 Å². The zero-order chi connectivity index (χ0) is 27.9. The van der Waals surface area contributed by atoms with Gasteiger partial charge >= 0.3 is 6.09 Å². The molecule has 204 valence electrons. The number of carbonyl (C=O) groups excluding carboxylic acids is 1. The van der Waals surface area contributed by atoms with Crippen molar-refractivity contribution in [3.63, 3.8) is 0 Å². The number of hydrogen-bond acceptors (Lipinski definition) is 6. The van der Waals surface area contributed by atoms with Crippen molar-refractivity contribution < 1.29 is 23.0 Å². The zero-order valence-corrected chi connectivity index (χ0v) is 21.8. The molecule has 1 fully saturated rings. The van der Waals surface area contributed by atoms with E-state index in [0.29, 0.717) is 35.1 Å². The Morgan fingerprint density at radius 1 is 1.13 bits per heavy atom. The van der Waals surface area contributed by atoms with Crippen LogP contribution in [0, 0.1) is 11.6 Å². The van der Waals surface area contributed by atoms with E-state index in [-0.39, 0.29) is 17.6 Å². The summed E-state index contributed by atoms with van der Waals surface area (Å²) < 4.78 is 40.9. The van der Waals surface area contributed by atoms with Crippen LogP contribution in [0.4, 0.5) is 19.4 Å². The third kappa shape index (κ3) is 5.29. The summed E-state index contributed by atoms with van der Waals surface area (Å²) in [6.45, 7) is 6.37. The van der Waals surface area contributed by atoms with Gasteiger partial charge in [-0.05, 0) is 63.4 Å². The van der Waals surface area contributed by atoms with E-state index in [4.69, 9.17) is 15.2 Å². The molecular formula is C28H29F2N5O4. The second-order valence-electron chi connectivity index (χ2n) is 10.5. The number of aromatic amines is 1. The highest BCUT2D eigenvalue weighted by Crippen LogP contribution is 2.37. The number of anilines is 1. The standard InChI is InChI=1S/C28H29F2N5O4/c1-28(2,3)39-27(37)34-13-5-6-17(14-34)35-15-19(22-23(35)26(36)33-32-25(22)31)16-9-11-18(12-10-16)38-24-20(29)7-4-8-21(24)30/h4,7-12,15,17H,5-6,13-14H2,1-3H3,(H2,31,32)(H,33,36)/t17-/m1/s1. The van der Waals surface area contributed by atoms with Gasteiger partial charge in [0.25, 0.3) is 5.56 Å². The average molecular weight is 538 g/mol. The summed E-state index contributed by atoms with van der Waals surface area (Å²) in [5.41, 5.74) is 6.89. The van der Waals surface area contributed by atoms with Gasteiger partial charge in [0.15, 0.2) is 23.2 Å². The van der Waals surface area contributed by atoms with Crippen molar-refractivity contribution >= 4 is 22.8 Å². The summed E-state index contributed by atoms with van der Waals surface area (Å²) in [6, 6.07) is 9.86. The van der Waals surface area contributed by atoms with Crippen LogP contribution in [0.1, 0.15) is 39.7 Å². The Labute approximate surface area is 223 Å². The fourth-order valence-electron chi connectivity index (χ4n) is 4.82. The number of carbonyl (C=O) groups is 1. The smallest absolute Gasteiger partial charge is 0.410 e. The van der Waals surface area contributed by atoms with Crippen LogP contribution < -0.4 is 16.0 Å². The second-order valence-corrected chi connectivity index (χ2v) is 10.5. The average Bonchev–Trinajstić information content (AvgIpc) is 3.30. The molecule has 1 saturated heterocycles. The van der Waals surface area contributed by atoms with Crippen LogP contribution in [0.3, 0.4) is 0 Å². The van der Waals surface area contributed by atoms with Crippen molar-refractivity contribution in [3.8, 4) is 22.6 Å². The highest BCUT2D eigenvalue weighted by molar-refractivity contribution is 6.02. The molecule has 3 heterocycles. The largest absolute Gasteiger partial charge is 0.451 e. The van der Waals surface area contributed by atoms with Crippen LogP contribution in [0.5, 0.6) is 11.5 Å². The molecule has 4 aromatic rings. The number of piperidine rings is 1. The third-order valence-corrected chi connectivity index (χ3v) is 6.53. The van der Waals surface area contributed by atoms with E-state index >= 15 is 0 Å². The number of hydrogen-bond donors (Lipinski definition) is 2. The number of amides is 1. The van der Waals surface area contributed by atoms with Gasteiger partial charge in [-0.3, -0.25) is 4.79 Å². The number of ether oxygens (including phenoxy) is 2. The molecular weight excluding hydrogens is 508 g/mol. The van der Waals surface area contributed by atoms with Crippen molar-refractivity contribution in [3.05, 3.63) is 70.6 Å². The molecule has 0 bridgehead atoms. The summed E-state index contributed by atoms with van der Waals surface area (Å²) in [7, 11) is 0. The highest BCUT2D eigenvalue weighted by atomic mass is 19.1. The summed E-state index contributed by atoms with van der Waals surface area (Å²) in [6.07, 6.45) is 2.90. The summed E-state index contributed by atoms with van der Waals surface area (Å²) in [5.74, 6) is -1.74. The third-order valence-electron chi connectivity index (χ3n) is 6.53. The fraction of sp³-hybridized carbons (Fsp3) is 0.321. The molecule has 0 spiro atoms. The van der Waals surface area contributed by atoms with Gasteiger partial charge in [0, 0.05) is 24.8 Å². The molecule has 11 heteroatoms. The van der Waals surface area contributed by atoms with E-state index in [1.54, 1.807) is 29.2 Å². The van der Waals surface area contributed by atoms with Gasteiger partial charge in [0.1, 0.15) is 16.9 Å². The maximum Gasteiger partial charge on any atom is 0.410 e. The first-order valence-corrected chi connectivity index (χ1v) is 12.6. The molecule has 5 rings (SSSR count). The molecule has 9 nitrogen and oxygen atoms in total. The Kier molecular flexibility index (Phi) is 6.75. The first-order valence-electron chi connectivity index (χ1n) is 12.6.